The van der Waals surface area contributed by atoms with E-state index in [-0.39, 0.29) is 46.5 Å². The summed E-state index contributed by atoms with van der Waals surface area (Å²) in [5, 5.41) is 25.8. The van der Waals surface area contributed by atoms with Crippen LogP contribution < -0.4 is 10.9 Å². The lowest BCUT2D eigenvalue weighted by molar-refractivity contribution is -0.103. The van der Waals surface area contributed by atoms with E-state index in [1.165, 1.54) is 42.5 Å². The van der Waals surface area contributed by atoms with E-state index in [0.29, 0.717) is 0 Å². The zero-order valence-corrected chi connectivity index (χ0v) is 18.4. The van der Waals surface area contributed by atoms with Gasteiger partial charge in [0.1, 0.15) is 23.5 Å². The van der Waals surface area contributed by atoms with Gasteiger partial charge in [-0.05, 0) is 36.4 Å². The molecule has 0 radical (unpaired) electrons. The van der Waals surface area contributed by atoms with Crippen molar-refractivity contribution >= 4 is 46.9 Å². The van der Waals surface area contributed by atoms with Crippen molar-refractivity contribution in [3.05, 3.63) is 89.2 Å². The summed E-state index contributed by atoms with van der Waals surface area (Å²) >= 11 is 0. The molecule has 0 saturated carbocycles. The molecule has 0 unspecified atom stereocenters. The zero-order chi connectivity index (χ0) is 25.9. The number of Topliss-reactive ketones (excluding diaryl/α,β-unsaturated/α-hetero) is 2. The molecule has 0 fully saturated rings. The monoisotopic (exact) mass is 477 g/mol. The minimum atomic E-state index is -0.896. The van der Waals surface area contributed by atoms with Gasteiger partial charge in [-0.1, -0.05) is 30.3 Å². The highest BCUT2D eigenvalue weighted by atomic mass is 16.2. The molecule has 36 heavy (non-hydrogen) atoms. The van der Waals surface area contributed by atoms with Crippen LogP contribution in [-0.4, -0.2) is 40.5 Å². The van der Waals surface area contributed by atoms with Gasteiger partial charge < -0.3 is 0 Å². The van der Waals surface area contributed by atoms with E-state index in [1.807, 2.05) is 12.1 Å². The summed E-state index contributed by atoms with van der Waals surface area (Å²) in [7, 11) is 0. The molecule has 1 aromatic heterocycles. The number of nitrogens with one attached hydrogen (secondary N) is 2. The number of hydrogen-bond acceptors (Lipinski definition) is 11. The maximum Gasteiger partial charge on any atom is 0.234 e. The Balaban J connectivity index is 1.83. The van der Waals surface area contributed by atoms with Crippen molar-refractivity contribution in [3.8, 4) is 12.1 Å². The van der Waals surface area contributed by atoms with Crippen LogP contribution in [0.2, 0.25) is 0 Å². The van der Waals surface area contributed by atoms with E-state index in [1.54, 1.807) is 24.3 Å². The summed E-state index contributed by atoms with van der Waals surface area (Å²) in [5.74, 6) is -1.79. The minimum Gasteiger partial charge on any atom is -0.296 e. The number of anilines is 2. The van der Waals surface area contributed by atoms with E-state index >= 15 is 0 Å². The standard InChI is InChI=1S/C25H15N7O4/c26-12-16-6-1-3-8-18(16)29-31-22(14-33)24(35)20-10-5-11-21(28-20)25(36)23(15-34)32-30-19-9-4-2-7-17(19)13-27/h1-11,14-15,29-30H/b31-22+,32-23+. The largest absolute Gasteiger partial charge is 0.296 e. The molecule has 0 amide bonds. The molecule has 11 heteroatoms. The lowest BCUT2D eigenvalue weighted by Gasteiger charge is -2.06. The Bertz CT molecular complexity index is 1390. The Morgan fingerprint density at radius 3 is 1.50 bits per heavy atom. The van der Waals surface area contributed by atoms with Crippen LogP contribution in [0.4, 0.5) is 11.4 Å². The van der Waals surface area contributed by atoms with E-state index < -0.39 is 23.0 Å². The number of hydrogen-bond donors (Lipinski definition) is 2. The van der Waals surface area contributed by atoms with E-state index in [4.69, 9.17) is 10.5 Å². The molecule has 2 aromatic carbocycles. The zero-order valence-electron chi connectivity index (χ0n) is 18.4. The van der Waals surface area contributed by atoms with E-state index in [9.17, 15) is 19.2 Å². The summed E-state index contributed by atoms with van der Waals surface area (Å²) in [6, 6.07) is 20.4. The summed E-state index contributed by atoms with van der Waals surface area (Å²) in [5.41, 5.74) is 4.36. The summed E-state index contributed by atoms with van der Waals surface area (Å²) < 4.78 is 0. The predicted molar refractivity (Wildman–Crippen MR) is 129 cm³/mol. The second kappa shape index (κ2) is 11.9. The van der Waals surface area contributed by atoms with Gasteiger partial charge in [0.05, 0.1) is 22.5 Å². The van der Waals surface area contributed by atoms with Crippen molar-refractivity contribution in [1.29, 1.82) is 10.5 Å². The first kappa shape index (κ1) is 24.8. The molecule has 0 atom stereocenters. The fraction of sp³-hybridized carbons (Fsp3) is 0. The third-order valence-corrected chi connectivity index (χ3v) is 4.59. The van der Waals surface area contributed by atoms with Crippen LogP contribution in [0.15, 0.2) is 76.9 Å². The predicted octanol–water partition coefficient (Wildman–Crippen LogP) is 2.52. The van der Waals surface area contributed by atoms with Crippen LogP contribution in [0.1, 0.15) is 32.1 Å². The van der Waals surface area contributed by atoms with Gasteiger partial charge in [-0.15, -0.1) is 0 Å². The number of pyridine rings is 1. The quantitative estimate of drug-likeness (QED) is 0.146. The van der Waals surface area contributed by atoms with Gasteiger partial charge in [-0.25, -0.2) is 4.98 Å². The Morgan fingerprint density at radius 2 is 1.11 bits per heavy atom. The molecular weight excluding hydrogens is 462 g/mol. The maximum absolute atomic E-state index is 12.8. The fourth-order valence-corrected chi connectivity index (χ4v) is 2.81. The van der Waals surface area contributed by atoms with Crippen molar-refractivity contribution in [3.63, 3.8) is 0 Å². The molecule has 0 bridgehead atoms. The number of nitrogens with zero attached hydrogens (tertiary/aromatic N) is 5. The van der Waals surface area contributed by atoms with Crippen LogP contribution in [0, 0.1) is 22.7 Å². The first-order valence-corrected chi connectivity index (χ1v) is 10.1. The number of nitriles is 2. The first-order valence-electron chi connectivity index (χ1n) is 10.1. The lowest BCUT2D eigenvalue weighted by atomic mass is 10.1. The topological polar surface area (TPSA) is 178 Å². The second-order valence-electron chi connectivity index (χ2n) is 6.83. The molecule has 0 saturated heterocycles. The lowest BCUT2D eigenvalue weighted by Crippen LogP contribution is -2.22. The molecular formula is C25H15N7O4. The molecule has 174 valence electrons. The number of carbonyl (C=O) groups excluding carboxylic acids is 4. The highest BCUT2D eigenvalue weighted by molar-refractivity contribution is 6.64. The third kappa shape index (κ3) is 5.75. The number of benzene rings is 2. The molecule has 0 aliphatic heterocycles. The Morgan fingerprint density at radius 1 is 0.694 bits per heavy atom. The van der Waals surface area contributed by atoms with Crippen molar-refractivity contribution < 1.29 is 19.2 Å². The van der Waals surface area contributed by atoms with Gasteiger partial charge >= 0.3 is 0 Å². The number of carbonyl (C=O) groups is 4. The molecule has 3 rings (SSSR count). The fourth-order valence-electron chi connectivity index (χ4n) is 2.81. The van der Waals surface area contributed by atoms with Crippen LogP contribution in [0.25, 0.3) is 0 Å². The van der Waals surface area contributed by atoms with Crippen LogP contribution in [0.5, 0.6) is 0 Å². The van der Waals surface area contributed by atoms with Crippen LogP contribution in [0.3, 0.4) is 0 Å². The molecule has 0 aliphatic carbocycles. The minimum absolute atomic E-state index is 0.204. The Labute approximate surface area is 204 Å². The number of para-hydroxylation sites is 2. The van der Waals surface area contributed by atoms with Crippen molar-refractivity contribution in [1.82, 2.24) is 4.98 Å². The summed E-state index contributed by atoms with van der Waals surface area (Å²) in [4.78, 5) is 52.5. The maximum atomic E-state index is 12.8. The number of aldehydes is 2. The van der Waals surface area contributed by atoms with Gasteiger partial charge in [0.25, 0.3) is 0 Å². The average molecular weight is 477 g/mol. The molecule has 0 spiro atoms. The number of rotatable bonds is 10. The van der Waals surface area contributed by atoms with E-state index in [0.717, 1.165) is 0 Å². The normalized spacial score (nSPS) is 10.9. The van der Waals surface area contributed by atoms with Gasteiger partial charge in [0.15, 0.2) is 24.0 Å². The highest BCUT2D eigenvalue weighted by Gasteiger charge is 2.20. The van der Waals surface area contributed by atoms with Crippen LogP contribution >= 0.6 is 0 Å². The summed E-state index contributed by atoms with van der Waals surface area (Å²) in [6.45, 7) is 0. The van der Waals surface area contributed by atoms with Gasteiger partial charge in [-0.3, -0.25) is 30.0 Å². The Hall–Kier alpha value is -5.81. The van der Waals surface area contributed by atoms with Crippen molar-refractivity contribution in [2.45, 2.75) is 0 Å². The van der Waals surface area contributed by atoms with Crippen molar-refractivity contribution in [2.75, 3.05) is 10.9 Å². The Kier molecular flexibility index (Phi) is 8.19. The smallest absolute Gasteiger partial charge is 0.234 e. The summed E-state index contributed by atoms with van der Waals surface area (Å²) in [6.07, 6.45) is 0.407. The van der Waals surface area contributed by atoms with Gasteiger partial charge in [0, 0.05) is 0 Å². The molecule has 0 aliphatic rings. The molecule has 11 nitrogen and oxygen atoms in total. The van der Waals surface area contributed by atoms with Gasteiger partial charge in [-0.2, -0.15) is 20.7 Å². The average Bonchev–Trinajstić information content (AvgIpc) is 2.93. The third-order valence-electron chi connectivity index (χ3n) is 4.59. The SMILES string of the molecule is N#Cc1ccccc1N/N=C(\C=O)C(=O)c1cccc(C(=O)/C(C=O)=N/Nc2ccccc2C#N)n1. The first-order chi connectivity index (χ1) is 17.5. The van der Waals surface area contributed by atoms with E-state index in [2.05, 4.69) is 26.0 Å². The second-order valence-corrected chi connectivity index (χ2v) is 6.83. The van der Waals surface area contributed by atoms with Crippen LogP contribution in [-0.2, 0) is 9.59 Å². The highest BCUT2D eigenvalue weighted by Crippen LogP contribution is 2.15. The molecule has 3 aromatic rings. The van der Waals surface area contributed by atoms with Crippen molar-refractivity contribution in [2.24, 2.45) is 10.2 Å². The number of ketones is 2. The number of hydrazone groups is 2. The number of aromatic nitrogens is 1. The molecule has 2 N–H and O–H groups in total. The molecule has 1 heterocycles. The van der Waals surface area contributed by atoms with Gasteiger partial charge in [0.2, 0.25) is 11.6 Å².